The summed E-state index contributed by atoms with van der Waals surface area (Å²) >= 11 is 0. The fourth-order valence-electron chi connectivity index (χ4n) is 3.85. The molecule has 10 heteroatoms. The fourth-order valence-corrected chi connectivity index (χ4v) is 3.85. The van der Waals surface area contributed by atoms with E-state index in [9.17, 15) is 24.5 Å². The molecular formula is C22H21N3O7. The lowest BCUT2D eigenvalue weighted by molar-refractivity contribution is -0.384. The number of benzene rings is 2. The Hall–Kier alpha value is -3.95. The molecule has 3 aromatic rings. The van der Waals surface area contributed by atoms with Crippen LogP contribution < -0.4 is 10.7 Å². The molecule has 0 spiro atoms. The molecule has 1 aromatic heterocycles. The number of rotatable bonds is 7. The third-order valence-corrected chi connectivity index (χ3v) is 5.43. The average Bonchev–Trinajstić information content (AvgIpc) is 3.33. The first-order valence-electron chi connectivity index (χ1n) is 10.2. The van der Waals surface area contributed by atoms with Gasteiger partial charge in [-0.1, -0.05) is 18.2 Å². The number of nitrogens with zero attached hydrogens (tertiary/aromatic N) is 3. The number of ether oxygens (including phenoxy) is 1. The molecule has 10 nitrogen and oxygen atoms in total. The van der Waals surface area contributed by atoms with Crippen LogP contribution in [-0.4, -0.2) is 34.0 Å². The summed E-state index contributed by atoms with van der Waals surface area (Å²) in [6.45, 7) is 2.26. The predicted octanol–water partition coefficient (Wildman–Crippen LogP) is 2.80. The Kier molecular flexibility index (Phi) is 5.76. The molecule has 4 rings (SSSR count). The molecule has 1 amide bonds. The molecule has 1 aliphatic rings. The highest BCUT2D eigenvalue weighted by Crippen LogP contribution is 2.28. The molecule has 0 fully saturated rings. The van der Waals surface area contributed by atoms with Gasteiger partial charge in [0.15, 0.2) is 11.7 Å². The van der Waals surface area contributed by atoms with Crippen LogP contribution in [0.5, 0.6) is 0 Å². The predicted molar refractivity (Wildman–Crippen MR) is 114 cm³/mol. The smallest absolute Gasteiger partial charge is 0.419 e. The number of nitro groups is 1. The van der Waals surface area contributed by atoms with E-state index in [2.05, 4.69) is 0 Å². The van der Waals surface area contributed by atoms with Crippen molar-refractivity contribution in [2.45, 2.75) is 38.8 Å². The molecule has 0 unspecified atom stereocenters. The molecule has 1 atom stereocenters. The summed E-state index contributed by atoms with van der Waals surface area (Å²) in [5.41, 5.74) is 2.26. The van der Waals surface area contributed by atoms with Gasteiger partial charge in [-0.3, -0.25) is 24.3 Å². The number of carbonyl (C=O) groups excluding carboxylic acids is 2. The van der Waals surface area contributed by atoms with Crippen LogP contribution >= 0.6 is 0 Å². The number of hydrogen-bond donors (Lipinski definition) is 0. The summed E-state index contributed by atoms with van der Waals surface area (Å²) in [4.78, 5) is 48.9. The minimum Gasteiger partial charge on any atom is -0.453 e. The monoisotopic (exact) mass is 439 g/mol. The normalized spacial score (nSPS) is 13.7. The van der Waals surface area contributed by atoms with E-state index >= 15 is 0 Å². The van der Waals surface area contributed by atoms with Crippen molar-refractivity contribution in [2.75, 3.05) is 11.4 Å². The second-order valence-corrected chi connectivity index (χ2v) is 7.53. The van der Waals surface area contributed by atoms with Crippen molar-refractivity contribution in [3.63, 3.8) is 0 Å². The van der Waals surface area contributed by atoms with E-state index in [-0.39, 0.29) is 36.6 Å². The number of hydrogen-bond acceptors (Lipinski definition) is 7. The molecule has 0 bridgehead atoms. The minimum absolute atomic E-state index is 0.000299. The number of carbonyl (C=O) groups is 2. The molecular weight excluding hydrogens is 418 g/mol. The highest BCUT2D eigenvalue weighted by Gasteiger charge is 2.29. The van der Waals surface area contributed by atoms with Gasteiger partial charge >= 0.3 is 11.7 Å². The Balaban J connectivity index is 1.33. The van der Waals surface area contributed by atoms with Gasteiger partial charge in [0.25, 0.3) is 11.6 Å². The number of oxazole rings is 1. The van der Waals surface area contributed by atoms with Gasteiger partial charge in [-0.05, 0) is 37.5 Å². The SMILES string of the molecule is C[C@H](OC(=O)CCCn1c(=O)oc2cc([N+](=O)[O-])ccc21)C(=O)N1CCc2ccccc21. The van der Waals surface area contributed by atoms with Crippen LogP contribution in [0.25, 0.3) is 11.1 Å². The number of anilines is 1. The molecule has 166 valence electrons. The summed E-state index contributed by atoms with van der Waals surface area (Å²) in [5.74, 6) is -1.48. The first-order valence-corrected chi connectivity index (χ1v) is 10.2. The largest absolute Gasteiger partial charge is 0.453 e. The first kappa shape index (κ1) is 21.3. The number of esters is 1. The second kappa shape index (κ2) is 8.66. The lowest BCUT2D eigenvalue weighted by atomic mass is 10.2. The van der Waals surface area contributed by atoms with Crippen LogP contribution in [0.1, 0.15) is 25.3 Å². The van der Waals surface area contributed by atoms with Crippen LogP contribution in [0.2, 0.25) is 0 Å². The quantitative estimate of drug-likeness (QED) is 0.315. The molecule has 0 aliphatic carbocycles. The van der Waals surface area contributed by atoms with Crippen molar-refractivity contribution in [2.24, 2.45) is 0 Å². The summed E-state index contributed by atoms with van der Waals surface area (Å²) in [5, 5.41) is 10.9. The van der Waals surface area contributed by atoms with Gasteiger partial charge in [-0.25, -0.2) is 4.79 Å². The Labute approximate surface area is 182 Å². The van der Waals surface area contributed by atoms with Gasteiger partial charge in [-0.15, -0.1) is 0 Å². The topological polar surface area (TPSA) is 125 Å². The van der Waals surface area contributed by atoms with Crippen molar-refractivity contribution >= 4 is 34.4 Å². The number of aromatic nitrogens is 1. The van der Waals surface area contributed by atoms with E-state index in [0.717, 1.165) is 17.7 Å². The van der Waals surface area contributed by atoms with Crippen LogP contribution in [0, 0.1) is 10.1 Å². The number of aryl methyl sites for hydroxylation is 1. The lowest BCUT2D eigenvalue weighted by Crippen LogP contribution is -2.39. The summed E-state index contributed by atoms with van der Waals surface area (Å²) in [6, 6.07) is 11.5. The summed E-state index contributed by atoms with van der Waals surface area (Å²) in [7, 11) is 0. The maximum atomic E-state index is 12.7. The zero-order valence-corrected chi connectivity index (χ0v) is 17.4. The summed E-state index contributed by atoms with van der Waals surface area (Å²) < 4.78 is 11.7. The van der Waals surface area contributed by atoms with Crippen LogP contribution in [0.4, 0.5) is 11.4 Å². The van der Waals surface area contributed by atoms with E-state index in [0.29, 0.717) is 12.1 Å². The second-order valence-electron chi connectivity index (χ2n) is 7.53. The lowest BCUT2D eigenvalue weighted by Gasteiger charge is -2.21. The Morgan fingerprint density at radius 1 is 1.25 bits per heavy atom. The molecule has 0 saturated heterocycles. The molecule has 2 heterocycles. The molecule has 32 heavy (non-hydrogen) atoms. The van der Waals surface area contributed by atoms with E-state index < -0.39 is 22.8 Å². The standard InChI is InChI=1S/C22H21N3O7/c1-14(21(27)23-12-10-15-5-2-3-6-17(15)23)31-20(26)7-4-11-24-18-9-8-16(25(29)30)13-19(18)32-22(24)28/h2-3,5-6,8-9,13-14H,4,7,10-12H2,1H3/t14-/m0/s1. The highest BCUT2D eigenvalue weighted by molar-refractivity contribution is 5.99. The number of para-hydroxylation sites is 1. The highest BCUT2D eigenvalue weighted by atomic mass is 16.6. The number of fused-ring (bicyclic) bond motifs is 2. The minimum atomic E-state index is -0.924. The van der Waals surface area contributed by atoms with Crippen LogP contribution in [0.3, 0.4) is 0 Å². The van der Waals surface area contributed by atoms with Crippen LogP contribution in [-0.2, 0) is 27.3 Å². The molecule has 0 saturated carbocycles. The van der Waals surface area contributed by atoms with Gasteiger partial charge in [0.1, 0.15) is 0 Å². The zero-order chi connectivity index (χ0) is 22.8. The number of non-ortho nitro benzene ring substituents is 1. The van der Waals surface area contributed by atoms with E-state index in [4.69, 9.17) is 9.15 Å². The Morgan fingerprint density at radius 2 is 2.03 bits per heavy atom. The van der Waals surface area contributed by atoms with Gasteiger partial charge < -0.3 is 14.1 Å². The van der Waals surface area contributed by atoms with Gasteiger partial charge in [0.05, 0.1) is 16.5 Å². The molecule has 0 radical (unpaired) electrons. The summed E-state index contributed by atoms with van der Waals surface area (Å²) in [6.07, 6.45) is 0.115. The van der Waals surface area contributed by atoms with Crippen molar-refractivity contribution in [1.29, 1.82) is 0 Å². The maximum Gasteiger partial charge on any atom is 0.419 e. The molecule has 1 aliphatic heterocycles. The molecule has 0 N–H and O–H groups in total. The van der Waals surface area contributed by atoms with Crippen molar-refractivity contribution in [3.8, 4) is 0 Å². The van der Waals surface area contributed by atoms with E-state index in [1.165, 1.54) is 22.8 Å². The Morgan fingerprint density at radius 3 is 2.81 bits per heavy atom. The molecule has 2 aromatic carbocycles. The van der Waals surface area contributed by atoms with Gasteiger partial charge in [0, 0.05) is 31.3 Å². The van der Waals surface area contributed by atoms with Gasteiger partial charge in [0.2, 0.25) is 0 Å². The average molecular weight is 439 g/mol. The van der Waals surface area contributed by atoms with Crippen molar-refractivity contribution < 1.29 is 23.7 Å². The number of nitro benzene ring substituents is 1. The zero-order valence-electron chi connectivity index (χ0n) is 17.4. The third kappa shape index (κ3) is 4.11. The Bertz CT molecular complexity index is 1260. The van der Waals surface area contributed by atoms with E-state index in [1.807, 2.05) is 24.3 Å². The first-order chi connectivity index (χ1) is 15.3. The van der Waals surface area contributed by atoms with Crippen LogP contribution in [0.15, 0.2) is 51.7 Å². The maximum absolute atomic E-state index is 12.7. The van der Waals surface area contributed by atoms with Crippen molar-refractivity contribution in [1.82, 2.24) is 4.57 Å². The van der Waals surface area contributed by atoms with E-state index in [1.54, 1.807) is 11.8 Å². The third-order valence-electron chi connectivity index (χ3n) is 5.43. The number of amides is 1. The fraction of sp³-hybridized carbons (Fsp3) is 0.318. The van der Waals surface area contributed by atoms with Gasteiger partial charge in [-0.2, -0.15) is 0 Å². The van der Waals surface area contributed by atoms with Crippen molar-refractivity contribution in [3.05, 3.63) is 68.7 Å².